The molecule has 0 aromatic heterocycles. The molecule has 0 spiro atoms. The number of carbonyl (C=O) groups is 2. The van der Waals surface area contributed by atoms with Crippen LogP contribution in [0.1, 0.15) is 20.7 Å². The van der Waals surface area contributed by atoms with Gasteiger partial charge in [-0.2, -0.15) is 0 Å². The van der Waals surface area contributed by atoms with E-state index in [2.05, 4.69) is 5.32 Å². The molecule has 0 amide bonds. The molecule has 112 valence electrons. The monoisotopic (exact) mass is 297 g/mol. The Bertz CT molecular complexity index is 688. The summed E-state index contributed by atoms with van der Waals surface area (Å²) < 4.78 is 5.03. The molecule has 2 rings (SSSR count). The van der Waals surface area contributed by atoms with Gasteiger partial charge < -0.3 is 15.2 Å². The molecule has 2 aromatic rings. The summed E-state index contributed by atoms with van der Waals surface area (Å²) in [4.78, 5) is 22.7. The molecular formula is C17H15NO4. The third-order valence-electron chi connectivity index (χ3n) is 2.99. The van der Waals surface area contributed by atoms with E-state index in [1.807, 2.05) is 0 Å². The van der Waals surface area contributed by atoms with E-state index < -0.39 is 5.97 Å². The molecule has 0 aliphatic rings. The van der Waals surface area contributed by atoms with E-state index in [-0.39, 0.29) is 11.3 Å². The van der Waals surface area contributed by atoms with Crippen molar-refractivity contribution >= 4 is 17.4 Å². The van der Waals surface area contributed by atoms with Gasteiger partial charge in [-0.25, -0.2) is 4.79 Å². The van der Waals surface area contributed by atoms with Crippen molar-refractivity contribution < 1.29 is 19.4 Å². The molecule has 0 bridgehead atoms. The molecule has 0 atom stereocenters. The fourth-order valence-electron chi connectivity index (χ4n) is 1.77. The first-order valence-corrected chi connectivity index (χ1v) is 6.55. The standard InChI is InChI=1S/C17H15NO4/c1-22-15-8-4-12(5-9-15)16(19)10-11-18-14-6-2-13(3-7-14)17(20)21/h2-11,18H,1H3,(H,20,21). The molecule has 5 heteroatoms. The van der Waals surface area contributed by atoms with Crippen LogP contribution in [0.5, 0.6) is 5.75 Å². The number of ether oxygens (including phenoxy) is 1. The van der Waals surface area contributed by atoms with E-state index in [0.717, 1.165) is 0 Å². The largest absolute Gasteiger partial charge is 0.497 e. The average molecular weight is 297 g/mol. The minimum atomic E-state index is -0.975. The fraction of sp³-hybridized carbons (Fsp3) is 0.0588. The predicted molar refractivity (Wildman–Crippen MR) is 83.5 cm³/mol. The van der Waals surface area contributed by atoms with Crippen LogP contribution in [0.15, 0.2) is 60.8 Å². The molecule has 0 fully saturated rings. The number of carbonyl (C=O) groups excluding carboxylic acids is 1. The highest BCUT2D eigenvalue weighted by Crippen LogP contribution is 2.12. The first kappa shape index (κ1) is 15.3. The molecule has 0 aliphatic carbocycles. The van der Waals surface area contributed by atoms with Gasteiger partial charge in [-0.15, -0.1) is 0 Å². The second-order valence-electron chi connectivity index (χ2n) is 4.45. The predicted octanol–water partition coefficient (Wildman–Crippen LogP) is 3.20. The normalized spacial score (nSPS) is 10.4. The summed E-state index contributed by atoms with van der Waals surface area (Å²) in [5.41, 5.74) is 1.47. The van der Waals surface area contributed by atoms with Crippen LogP contribution in [0.4, 0.5) is 5.69 Å². The molecule has 0 heterocycles. The van der Waals surface area contributed by atoms with E-state index in [4.69, 9.17) is 9.84 Å². The molecule has 2 aromatic carbocycles. The number of hydrogen-bond acceptors (Lipinski definition) is 4. The van der Waals surface area contributed by atoms with Crippen molar-refractivity contribution in [1.29, 1.82) is 0 Å². The molecule has 5 nitrogen and oxygen atoms in total. The minimum Gasteiger partial charge on any atom is -0.497 e. The van der Waals surface area contributed by atoms with Crippen LogP contribution in [-0.2, 0) is 0 Å². The Balaban J connectivity index is 1.96. The Morgan fingerprint density at radius 2 is 1.59 bits per heavy atom. The van der Waals surface area contributed by atoms with Crippen molar-refractivity contribution in [3.63, 3.8) is 0 Å². The number of hydrogen-bond donors (Lipinski definition) is 2. The molecule has 0 unspecified atom stereocenters. The number of ketones is 1. The zero-order valence-corrected chi connectivity index (χ0v) is 11.9. The maximum Gasteiger partial charge on any atom is 0.335 e. The number of carboxylic acids is 1. The number of nitrogens with one attached hydrogen (secondary N) is 1. The van der Waals surface area contributed by atoms with Crippen LogP contribution in [0.3, 0.4) is 0 Å². The van der Waals surface area contributed by atoms with Gasteiger partial charge in [-0.05, 0) is 48.5 Å². The summed E-state index contributed by atoms with van der Waals surface area (Å²) in [7, 11) is 1.57. The lowest BCUT2D eigenvalue weighted by atomic mass is 10.1. The van der Waals surface area contributed by atoms with Gasteiger partial charge in [0, 0.05) is 23.5 Å². The number of aromatic carboxylic acids is 1. The Morgan fingerprint density at radius 1 is 1.00 bits per heavy atom. The van der Waals surface area contributed by atoms with Gasteiger partial charge in [0.2, 0.25) is 0 Å². The number of benzene rings is 2. The van der Waals surface area contributed by atoms with Crippen molar-refractivity contribution in [1.82, 2.24) is 0 Å². The van der Waals surface area contributed by atoms with Gasteiger partial charge in [0.15, 0.2) is 5.78 Å². The molecule has 0 saturated heterocycles. The van der Waals surface area contributed by atoms with Crippen LogP contribution in [0.2, 0.25) is 0 Å². The maximum atomic E-state index is 11.9. The van der Waals surface area contributed by atoms with Gasteiger partial charge >= 0.3 is 5.97 Å². The van der Waals surface area contributed by atoms with E-state index in [9.17, 15) is 9.59 Å². The SMILES string of the molecule is COc1ccc(C(=O)C=CNc2ccc(C(=O)O)cc2)cc1. The van der Waals surface area contributed by atoms with Crippen molar-refractivity contribution in [3.05, 3.63) is 71.9 Å². The van der Waals surface area contributed by atoms with Gasteiger partial charge in [0.1, 0.15) is 5.75 Å². The molecule has 22 heavy (non-hydrogen) atoms. The Kier molecular flexibility index (Phi) is 4.93. The Labute approximate surface area is 127 Å². The lowest BCUT2D eigenvalue weighted by Gasteiger charge is -2.02. The summed E-state index contributed by atoms with van der Waals surface area (Å²) in [6, 6.07) is 13.1. The van der Waals surface area contributed by atoms with Crippen LogP contribution in [-0.4, -0.2) is 24.0 Å². The average Bonchev–Trinajstić information content (AvgIpc) is 2.55. The highest BCUT2D eigenvalue weighted by atomic mass is 16.5. The first-order valence-electron chi connectivity index (χ1n) is 6.55. The molecule has 0 radical (unpaired) electrons. The maximum absolute atomic E-state index is 11.9. The van der Waals surface area contributed by atoms with E-state index in [0.29, 0.717) is 17.0 Å². The first-order chi connectivity index (χ1) is 10.6. The third-order valence-corrected chi connectivity index (χ3v) is 2.99. The second kappa shape index (κ2) is 7.08. The third kappa shape index (κ3) is 3.96. The summed E-state index contributed by atoms with van der Waals surface area (Å²) in [6.45, 7) is 0. The van der Waals surface area contributed by atoms with Gasteiger partial charge in [0.05, 0.1) is 12.7 Å². The minimum absolute atomic E-state index is 0.141. The lowest BCUT2D eigenvalue weighted by Crippen LogP contribution is -1.98. The number of carboxylic acid groups (broad SMARTS) is 1. The van der Waals surface area contributed by atoms with Crippen molar-refractivity contribution in [2.24, 2.45) is 0 Å². The highest BCUT2D eigenvalue weighted by molar-refractivity contribution is 6.04. The Morgan fingerprint density at radius 3 is 2.14 bits per heavy atom. The molecular weight excluding hydrogens is 282 g/mol. The van der Waals surface area contributed by atoms with Gasteiger partial charge in [-0.1, -0.05) is 0 Å². The second-order valence-corrected chi connectivity index (χ2v) is 4.45. The summed E-state index contributed by atoms with van der Waals surface area (Å²) in [6.07, 6.45) is 2.93. The van der Waals surface area contributed by atoms with Gasteiger partial charge in [0.25, 0.3) is 0 Å². The highest BCUT2D eigenvalue weighted by Gasteiger charge is 2.02. The zero-order chi connectivity index (χ0) is 15.9. The topological polar surface area (TPSA) is 75.6 Å². The number of allylic oxidation sites excluding steroid dienone is 1. The molecule has 0 saturated carbocycles. The smallest absolute Gasteiger partial charge is 0.335 e. The van der Waals surface area contributed by atoms with Crippen LogP contribution < -0.4 is 10.1 Å². The van der Waals surface area contributed by atoms with Crippen LogP contribution >= 0.6 is 0 Å². The van der Waals surface area contributed by atoms with E-state index >= 15 is 0 Å². The quantitative estimate of drug-likeness (QED) is 0.632. The van der Waals surface area contributed by atoms with E-state index in [1.54, 1.807) is 43.5 Å². The summed E-state index contributed by atoms with van der Waals surface area (Å²) in [5.74, 6) is -0.425. The van der Waals surface area contributed by atoms with Gasteiger partial charge in [-0.3, -0.25) is 4.79 Å². The Hall–Kier alpha value is -3.08. The zero-order valence-electron chi connectivity index (χ0n) is 11.9. The fourth-order valence-corrected chi connectivity index (χ4v) is 1.77. The number of anilines is 1. The van der Waals surface area contributed by atoms with Crippen LogP contribution in [0.25, 0.3) is 0 Å². The lowest BCUT2D eigenvalue weighted by molar-refractivity contribution is 0.0696. The van der Waals surface area contributed by atoms with E-state index in [1.165, 1.54) is 24.4 Å². The molecule has 0 aliphatic heterocycles. The summed E-state index contributed by atoms with van der Waals surface area (Å²) >= 11 is 0. The van der Waals surface area contributed by atoms with Crippen LogP contribution in [0, 0.1) is 0 Å². The number of methoxy groups -OCH3 is 1. The van der Waals surface area contributed by atoms with Crippen molar-refractivity contribution in [2.45, 2.75) is 0 Å². The van der Waals surface area contributed by atoms with Crippen molar-refractivity contribution in [3.8, 4) is 5.75 Å². The summed E-state index contributed by atoms with van der Waals surface area (Å²) in [5, 5.41) is 11.7. The molecule has 2 N–H and O–H groups in total. The van der Waals surface area contributed by atoms with Crippen molar-refractivity contribution in [2.75, 3.05) is 12.4 Å². The number of rotatable bonds is 6.